The van der Waals surface area contributed by atoms with Crippen LogP contribution < -0.4 is 10.1 Å². The number of para-hydroxylation sites is 1. The molecule has 4 amide bonds. The number of carbonyl (C=O) groups is 4. The molecule has 39 heavy (non-hydrogen) atoms. The van der Waals surface area contributed by atoms with Gasteiger partial charge in [0.05, 0.1) is 11.7 Å². The Morgan fingerprint density at radius 1 is 1.05 bits per heavy atom. The first kappa shape index (κ1) is 24.8. The van der Waals surface area contributed by atoms with Gasteiger partial charge in [0.15, 0.2) is 0 Å². The van der Waals surface area contributed by atoms with E-state index in [2.05, 4.69) is 15.4 Å². The van der Waals surface area contributed by atoms with Crippen LogP contribution in [0.4, 0.5) is 0 Å². The van der Waals surface area contributed by atoms with Crippen molar-refractivity contribution < 1.29 is 23.9 Å². The number of carbonyl (C=O) groups excluding carboxylic acids is 4. The zero-order valence-electron chi connectivity index (χ0n) is 21.3. The Balaban J connectivity index is 1.12. The molecule has 2 aromatic carbocycles. The number of nitrogens with one attached hydrogen (secondary N) is 1. The first-order valence-corrected chi connectivity index (χ1v) is 13.2. The van der Waals surface area contributed by atoms with E-state index in [1.807, 2.05) is 36.4 Å². The van der Waals surface area contributed by atoms with Crippen LogP contribution in [0.2, 0.25) is 0 Å². The van der Waals surface area contributed by atoms with Crippen molar-refractivity contribution in [1.82, 2.24) is 29.9 Å². The summed E-state index contributed by atoms with van der Waals surface area (Å²) in [5.41, 5.74) is 2.13. The Morgan fingerprint density at radius 3 is 2.72 bits per heavy atom. The maximum absolute atomic E-state index is 13.3. The standard InChI is InChI=1S/C28H28N6O5/c35-24-12-11-23(26(36)30-24)33-15-18-14-21(9-10-22(18)27(33)37)39-16-20-8-4-5-13-32(20)28(38)25-29-17-34(31-25)19-6-2-1-3-7-19/h1-3,6-7,9-10,14,17,20,23H,4-5,8,11-13,15-16H2,(H,30,35,36). The average molecular weight is 529 g/mol. The van der Waals surface area contributed by atoms with E-state index in [-0.39, 0.29) is 42.6 Å². The number of benzene rings is 2. The molecule has 200 valence electrons. The van der Waals surface area contributed by atoms with E-state index in [4.69, 9.17) is 4.74 Å². The van der Waals surface area contributed by atoms with Crippen molar-refractivity contribution in [2.45, 2.75) is 50.7 Å². The number of ether oxygens (including phenoxy) is 1. The zero-order chi connectivity index (χ0) is 26.9. The van der Waals surface area contributed by atoms with Gasteiger partial charge in [-0.1, -0.05) is 18.2 Å². The van der Waals surface area contributed by atoms with Crippen molar-refractivity contribution in [3.8, 4) is 11.4 Å². The summed E-state index contributed by atoms with van der Waals surface area (Å²) in [6, 6.07) is 14.0. The summed E-state index contributed by atoms with van der Waals surface area (Å²) in [4.78, 5) is 57.6. The maximum Gasteiger partial charge on any atom is 0.293 e. The molecule has 11 nitrogen and oxygen atoms in total. The summed E-state index contributed by atoms with van der Waals surface area (Å²) in [6.07, 6.45) is 4.77. The molecule has 11 heteroatoms. The van der Waals surface area contributed by atoms with Gasteiger partial charge in [-0.3, -0.25) is 24.5 Å². The first-order valence-electron chi connectivity index (χ1n) is 13.2. The summed E-state index contributed by atoms with van der Waals surface area (Å²) in [5.74, 6) is -0.456. The van der Waals surface area contributed by atoms with Crippen LogP contribution in [0.25, 0.3) is 5.69 Å². The van der Waals surface area contributed by atoms with Gasteiger partial charge in [0.2, 0.25) is 17.6 Å². The number of nitrogens with zero attached hydrogens (tertiary/aromatic N) is 5. The molecule has 2 unspecified atom stereocenters. The number of hydrogen-bond acceptors (Lipinski definition) is 7. The lowest BCUT2D eigenvalue weighted by molar-refractivity contribution is -0.136. The van der Waals surface area contributed by atoms with E-state index in [0.717, 1.165) is 30.5 Å². The van der Waals surface area contributed by atoms with Crippen molar-refractivity contribution in [2.24, 2.45) is 0 Å². The summed E-state index contributed by atoms with van der Waals surface area (Å²) >= 11 is 0. The topological polar surface area (TPSA) is 127 Å². The number of amides is 4. The maximum atomic E-state index is 13.3. The van der Waals surface area contributed by atoms with Crippen LogP contribution in [-0.2, 0) is 16.1 Å². The van der Waals surface area contributed by atoms with Crippen molar-refractivity contribution in [2.75, 3.05) is 13.2 Å². The van der Waals surface area contributed by atoms with E-state index in [9.17, 15) is 19.2 Å². The van der Waals surface area contributed by atoms with Crippen LogP contribution in [0, 0.1) is 0 Å². The first-order chi connectivity index (χ1) is 19.0. The fourth-order valence-corrected chi connectivity index (χ4v) is 5.47. The predicted octanol–water partition coefficient (Wildman–Crippen LogP) is 2.10. The highest BCUT2D eigenvalue weighted by Crippen LogP contribution is 2.30. The number of rotatable bonds is 6. The molecule has 0 aliphatic carbocycles. The van der Waals surface area contributed by atoms with Crippen molar-refractivity contribution in [3.05, 3.63) is 71.8 Å². The van der Waals surface area contributed by atoms with Crippen LogP contribution in [0.3, 0.4) is 0 Å². The van der Waals surface area contributed by atoms with Crippen molar-refractivity contribution in [1.29, 1.82) is 0 Å². The Hall–Kier alpha value is -4.54. The minimum Gasteiger partial charge on any atom is -0.491 e. The second kappa shape index (κ2) is 10.3. The molecule has 2 fully saturated rings. The molecule has 3 aliphatic rings. The molecule has 3 aliphatic heterocycles. The van der Waals surface area contributed by atoms with Gasteiger partial charge in [-0.25, -0.2) is 9.67 Å². The summed E-state index contributed by atoms with van der Waals surface area (Å²) in [7, 11) is 0. The van der Waals surface area contributed by atoms with Gasteiger partial charge in [-0.2, -0.15) is 0 Å². The molecule has 2 atom stereocenters. The number of imide groups is 1. The fraction of sp³-hybridized carbons (Fsp3) is 0.357. The number of aromatic nitrogens is 3. The summed E-state index contributed by atoms with van der Waals surface area (Å²) in [6.45, 7) is 1.18. The minimum atomic E-state index is -0.659. The van der Waals surface area contributed by atoms with Crippen molar-refractivity contribution >= 4 is 23.6 Å². The Kier molecular flexibility index (Phi) is 6.55. The van der Waals surface area contributed by atoms with Crippen LogP contribution >= 0.6 is 0 Å². The van der Waals surface area contributed by atoms with Crippen LogP contribution in [-0.4, -0.2) is 73.4 Å². The number of fused-ring (bicyclic) bond motifs is 1. The Bertz CT molecular complexity index is 1440. The normalized spacial score (nSPS) is 21.1. The third-order valence-corrected chi connectivity index (χ3v) is 7.53. The Labute approximate surface area is 224 Å². The van der Waals surface area contributed by atoms with Gasteiger partial charge in [-0.05, 0) is 61.6 Å². The molecule has 3 aromatic rings. The molecule has 0 saturated carbocycles. The van der Waals surface area contributed by atoms with Crippen LogP contribution in [0.1, 0.15) is 58.6 Å². The van der Waals surface area contributed by atoms with Crippen molar-refractivity contribution in [3.63, 3.8) is 0 Å². The van der Waals surface area contributed by atoms with E-state index in [0.29, 0.717) is 30.9 Å². The minimum absolute atomic E-state index is 0.134. The monoisotopic (exact) mass is 528 g/mol. The summed E-state index contributed by atoms with van der Waals surface area (Å²) in [5, 5.41) is 6.72. The van der Waals surface area contributed by atoms with E-state index in [1.165, 1.54) is 4.90 Å². The smallest absolute Gasteiger partial charge is 0.293 e. The fourth-order valence-electron chi connectivity index (χ4n) is 5.47. The molecule has 0 bridgehead atoms. The second-order valence-corrected chi connectivity index (χ2v) is 10.0. The molecule has 1 aromatic heterocycles. The predicted molar refractivity (Wildman–Crippen MR) is 138 cm³/mol. The van der Waals surface area contributed by atoms with Gasteiger partial charge in [0.1, 0.15) is 24.7 Å². The lowest BCUT2D eigenvalue weighted by Gasteiger charge is -2.34. The molecule has 0 spiro atoms. The lowest BCUT2D eigenvalue weighted by atomic mass is 10.0. The number of piperidine rings is 2. The van der Waals surface area contributed by atoms with E-state index < -0.39 is 11.9 Å². The largest absolute Gasteiger partial charge is 0.491 e. The highest BCUT2D eigenvalue weighted by molar-refractivity contribution is 6.05. The molecular formula is C28H28N6O5. The van der Waals surface area contributed by atoms with E-state index in [1.54, 1.807) is 28.0 Å². The molecular weight excluding hydrogens is 500 g/mol. The highest BCUT2D eigenvalue weighted by Gasteiger charge is 2.39. The second-order valence-electron chi connectivity index (χ2n) is 10.0. The molecule has 4 heterocycles. The third kappa shape index (κ3) is 4.87. The van der Waals surface area contributed by atoms with Crippen LogP contribution in [0.5, 0.6) is 5.75 Å². The van der Waals surface area contributed by atoms with E-state index >= 15 is 0 Å². The number of hydrogen-bond donors (Lipinski definition) is 1. The molecule has 0 radical (unpaired) electrons. The quantitative estimate of drug-likeness (QED) is 0.486. The highest BCUT2D eigenvalue weighted by atomic mass is 16.5. The molecule has 2 saturated heterocycles. The SMILES string of the molecule is O=C1CCC(N2Cc3cc(OCC4CCCCN4C(=O)c4ncn(-c5ccccc5)n4)ccc3C2=O)C(=O)N1. The van der Waals surface area contributed by atoms with Crippen LogP contribution in [0.15, 0.2) is 54.9 Å². The Morgan fingerprint density at radius 2 is 1.90 bits per heavy atom. The van der Waals surface area contributed by atoms with Gasteiger partial charge >= 0.3 is 0 Å². The van der Waals surface area contributed by atoms with Gasteiger partial charge in [-0.15, -0.1) is 5.10 Å². The van der Waals surface area contributed by atoms with Gasteiger partial charge in [0, 0.05) is 25.1 Å². The molecule has 6 rings (SSSR count). The molecule has 1 N–H and O–H groups in total. The third-order valence-electron chi connectivity index (χ3n) is 7.53. The lowest BCUT2D eigenvalue weighted by Crippen LogP contribution is -2.52. The average Bonchev–Trinajstić information content (AvgIpc) is 3.57. The summed E-state index contributed by atoms with van der Waals surface area (Å²) < 4.78 is 7.71. The van der Waals surface area contributed by atoms with Gasteiger partial charge < -0.3 is 14.5 Å². The number of likely N-dealkylation sites (tertiary alicyclic amines) is 1. The zero-order valence-corrected chi connectivity index (χ0v) is 21.3. The van der Waals surface area contributed by atoms with Gasteiger partial charge in [0.25, 0.3) is 11.8 Å².